The van der Waals surface area contributed by atoms with Gasteiger partial charge in [-0.2, -0.15) is 4.37 Å². The maximum atomic E-state index is 5.91. The zero-order valence-corrected chi connectivity index (χ0v) is 11.6. The number of nitrogens with two attached hydrogens (primary N) is 1. The molecule has 4 nitrogen and oxygen atoms in total. The molecule has 2 rings (SSSR count). The van der Waals surface area contributed by atoms with Gasteiger partial charge in [0.1, 0.15) is 15.8 Å². The number of rotatable bonds is 5. The summed E-state index contributed by atoms with van der Waals surface area (Å²) in [5.41, 5.74) is 7.90. The topological polar surface area (TPSA) is 63.8 Å². The maximum absolute atomic E-state index is 5.91. The SMILES string of the molecule is CCCCNc1snc(N)c1-c1nc(C)cs1. The number of hydrogen-bond acceptors (Lipinski definition) is 6. The predicted molar refractivity (Wildman–Crippen MR) is 75.8 cm³/mol. The first-order valence-corrected chi connectivity index (χ1v) is 7.29. The molecule has 3 N–H and O–H groups in total. The number of aryl methyl sites for hydroxylation is 1. The van der Waals surface area contributed by atoms with Gasteiger partial charge in [0.25, 0.3) is 0 Å². The van der Waals surface area contributed by atoms with E-state index in [4.69, 9.17) is 5.73 Å². The second-order valence-electron chi connectivity index (χ2n) is 3.85. The lowest BCUT2D eigenvalue weighted by Crippen LogP contribution is -2.00. The van der Waals surface area contributed by atoms with Crippen LogP contribution < -0.4 is 11.1 Å². The van der Waals surface area contributed by atoms with Crippen molar-refractivity contribution >= 4 is 33.7 Å². The third kappa shape index (κ3) is 2.76. The summed E-state index contributed by atoms with van der Waals surface area (Å²) in [5.74, 6) is 0.573. The van der Waals surface area contributed by atoms with Crippen molar-refractivity contribution in [2.75, 3.05) is 17.6 Å². The summed E-state index contributed by atoms with van der Waals surface area (Å²) in [6.45, 7) is 5.11. The molecule has 92 valence electrons. The molecule has 0 aliphatic rings. The Bertz CT molecular complexity index is 489. The normalized spacial score (nSPS) is 10.7. The second kappa shape index (κ2) is 5.46. The van der Waals surface area contributed by atoms with Crippen LogP contribution in [0.2, 0.25) is 0 Å². The first kappa shape index (κ1) is 12.3. The summed E-state index contributed by atoms with van der Waals surface area (Å²) < 4.78 is 4.20. The summed E-state index contributed by atoms with van der Waals surface area (Å²) in [6, 6.07) is 0. The zero-order valence-electron chi connectivity index (χ0n) is 9.99. The third-order valence-corrected chi connectivity index (χ3v) is 4.16. The van der Waals surface area contributed by atoms with Crippen LogP contribution >= 0.6 is 22.9 Å². The van der Waals surface area contributed by atoms with Gasteiger partial charge in [-0.1, -0.05) is 13.3 Å². The molecule has 0 spiro atoms. The van der Waals surface area contributed by atoms with Crippen LogP contribution in [-0.2, 0) is 0 Å². The fourth-order valence-corrected chi connectivity index (χ4v) is 3.14. The Hall–Kier alpha value is -1.14. The molecule has 2 heterocycles. The predicted octanol–water partition coefficient (Wildman–Crippen LogP) is 3.37. The van der Waals surface area contributed by atoms with Gasteiger partial charge in [0, 0.05) is 17.6 Å². The first-order chi connectivity index (χ1) is 8.22. The van der Waals surface area contributed by atoms with Crippen LogP contribution in [0.25, 0.3) is 10.6 Å². The van der Waals surface area contributed by atoms with E-state index < -0.39 is 0 Å². The molecule has 2 aromatic heterocycles. The highest BCUT2D eigenvalue weighted by Crippen LogP contribution is 2.38. The van der Waals surface area contributed by atoms with Crippen LogP contribution in [0.15, 0.2) is 5.38 Å². The first-order valence-electron chi connectivity index (χ1n) is 5.64. The van der Waals surface area contributed by atoms with Crippen molar-refractivity contribution in [1.29, 1.82) is 0 Å². The summed E-state index contributed by atoms with van der Waals surface area (Å²) in [6.07, 6.45) is 2.32. The minimum atomic E-state index is 0.573. The molecular formula is C11H16N4S2. The highest BCUT2D eigenvalue weighted by Gasteiger charge is 2.16. The lowest BCUT2D eigenvalue weighted by atomic mass is 10.3. The number of thiazole rings is 1. The standard InChI is InChI=1S/C11H16N4S2/c1-3-4-5-13-10-8(9(12)15-17-10)11-14-7(2)6-16-11/h6,13H,3-5H2,1-2H3,(H2,12,15). The van der Waals surface area contributed by atoms with E-state index in [9.17, 15) is 0 Å². The van der Waals surface area contributed by atoms with Crippen molar-refractivity contribution in [3.05, 3.63) is 11.1 Å². The number of unbranched alkanes of at least 4 members (excludes halogenated alkanes) is 1. The largest absolute Gasteiger partial charge is 0.382 e. The lowest BCUT2D eigenvalue weighted by molar-refractivity contribution is 0.836. The smallest absolute Gasteiger partial charge is 0.149 e. The second-order valence-corrected chi connectivity index (χ2v) is 5.48. The minimum absolute atomic E-state index is 0.573. The Morgan fingerprint density at radius 3 is 2.94 bits per heavy atom. The van der Waals surface area contributed by atoms with E-state index in [1.807, 2.05) is 12.3 Å². The van der Waals surface area contributed by atoms with Crippen LogP contribution in [0.1, 0.15) is 25.5 Å². The lowest BCUT2D eigenvalue weighted by Gasteiger charge is -2.04. The fourth-order valence-electron chi connectivity index (χ4n) is 1.48. The number of nitrogens with zero attached hydrogens (tertiary/aromatic N) is 2. The van der Waals surface area contributed by atoms with E-state index in [2.05, 4.69) is 21.6 Å². The van der Waals surface area contributed by atoms with Crippen molar-refractivity contribution < 1.29 is 0 Å². The summed E-state index contributed by atoms with van der Waals surface area (Å²) >= 11 is 3.02. The Morgan fingerprint density at radius 2 is 2.29 bits per heavy atom. The Balaban J connectivity index is 2.23. The molecular weight excluding hydrogens is 252 g/mol. The van der Waals surface area contributed by atoms with Gasteiger partial charge in [-0.15, -0.1) is 11.3 Å². The van der Waals surface area contributed by atoms with Crippen LogP contribution in [0.4, 0.5) is 10.8 Å². The molecule has 0 saturated carbocycles. The molecule has 0 radical (unpaired) electrons. The molecule has 0 aliphatic heterocycles. The average Bonchev–Trinajstić information content (AvgIpc) is 2.86. The Kier molecular flexibility index (Phi) is 3.96. The number of hydrogen-bond donors (Lipinski definition) is 2. The molecule has 2 aromatic rings. The molecule has 6 heteroatoms. The van der Waals surface area contributed by atoms with Gasteiger partial charge >= 0.3 is 0 Å². The number of nitrogens with one attached hydrogen (secondary N) is 1. The monoisotopic (exact) mass is 268 g/mol. The summed E-state index contributed by atoms with van der Waals surface area (Å²) in [4.78, 5) is 4.47. The van der Waals surface area contributed by atoms with Gasteiger partial charge in [-0.05, 0) is 24.9 Å². The van der Waals surface area contributed by atoms with Gasteiger partial charge in [0.15, 0.2) is 0 Å². The molecule has 0 amide bonds. The van der Waals surface area contributed by atoms with E-state index in [0.717, 1.165) is 34.2 Å². The van der Waals surface area contributed by atoms with Gasteiger partial charge < -0.3 is 11.1 Å². The number of nitrogen functional groups attached to an aromatic ring is 1. The van der Waals surface area contributed by atoms with Gasteiger partial charge in [0.05, 0.1) is 5.56 Å². The van der Waals surface area contributed by atoms with E-state index in [-0.39, 0.29) is 0 Å². The average molecular weight is 268 g/mol. The Labute approximate surface area is 109 Å². The highest BCUT2D eigenvalue weighted by molar-refractivity contribution is 7.15. The number of aromatic nitrogens is 2. The van der Waals surface area contributed by atoms with Crippen LogP contribution in [-0.4, -0.2) is 15.9 Å². The third-order valence-electron chi connectivity index (χ3n) is 2.37. The van der Waals surface area contributed by atoms with E-state index in [1.54, 1.807) is 11.3 Å². The van der Waals surface area contributed by atoms with Crippen molar-refractivity contribution in [3.63, 3.8) is 0 Å². The molecule has 0 unspecified atom stereocenters. The fraction of sp³-hybridized carbons (Fsp3) is 0.455. The Morgan fingerprint density at radius 1 is 1.47 bits per heavy atom. The van der Waals surface area contributed by atoms with Crippen molar-refractivity contribution in [2.45, 2.75) is 26.7 Å². The van der Waals surface area contributed by atoms with Crippen molar-refractivity contribution in [1.82, 2.24) is 9.36 Å². The molecule has 0 aliphatic carbocycles. The van der Waals surface area contributed by atoms with E-state index in [1.165, 1.54) is 18.0 Å². The van der Waals surface area contributed by atoms with Gasteiger partial charge in [-0.3, -0.25) is 0 Å². The molecule has 0 saturated heterocycles. The van der Waals surface area contributed by atoms with Gasteiger partial charge in [0.2, 0.25) is 0 Å². The van der Waals surface area contributed by atoms with Crippen LogP contribution in [0, 0.1) is 6.92 Å². The highest BCUT2D eigenvalue weighted by atomic mass is 32.1. The van der Waals surface area contributed by atoms with Crippen LogP contribution in [0.3, 0.4) is 0 Å². The minimum Gasteiger partial charge on any atom is -0.382 e. The van der Waals surface area contributed by atoms with Crippen LogP contribution in [0.5, 0.6) is 0 Å². The number of anilines is 2. The summed E-state index contributed by atoms with van der Waals surface area (Å²) in [7, 11) is 0. The van der Waals surface area contributed by atoms with E-state index in [0.29, 0.717) is 5.82 Å². The van der Waals surface area contributed by atoms with Crippen molar-refractivity contribution in [3.8, 4) is 10.6 Å². The summed E-state index contributed by atoms with van der Waals surface area (Å²) in [5, 5.41) is 7.40. The zero-order chi connectivity index (χ0) is 12.3. The van der Waals surface area contributed by atoms with Crippen molar-refractivity contribution in [2.24, 2.45) is 0 Å². The molecule has 0 atom stereocenters. The molecule has 0 fully saturated rings. The molecule has 0 bridgehead atoms. The van der Waals surface area contributed by atoms with E-state index >= 15 is 0 Å². The molecule has 0 aromatic carbocycles. The molecule has 17 heavy (non-hydrogen) atoms. The quantitative estimate of drug-likeness (QED) is 0.816. The maximum Gasteiger partial charge on any atom is 0.149 e. The van der Waals surface area contributed by atoms with Gasteiger partial charge in [-0.25, -0.2) is 4.98 Å².